The summed E-state index contributed by atoms with van der Waals surface area (Å²) in [6.45, 7) is 2.14. The molecule has 0 aromatic heterocycles. The molecule has 2 heteroatoms. The molecular formula is C8H15O2. The predicted molar refractivity (Wildman–Crippen MR) is 40.2 cm³/mol. The molecule has 0 rings (SSSR count). The Bertz CT molecular complexity index is 89.3. The fourth-order valence-corrected chi connectivity index (χ4v) is 0.768. The first-order valence-electron chi connectivity index (χ1n) is 3.76. The fourth-order valence-electron chi connectivity index (χ4n) is 0.768. The molecule has 0 spiro atoms. The van der Waals surface area contributed by atoms with Crippen molar-refractivity contribution in [2.45, 2.75) is 39.0 Å². The van der Waals surface area contributed by atoms with Crippen LogP contribution >= 0.6 is 0 Å². The van der Waals surface area contributed by atoms with Crippen LogP contribution in [0.25, 0.3) is 0 Å². The molecule has 1 radical (unpaired) electrons. The minimum Gasteiger partial charge on any atom is -0.462 e. The highest BCUT2D eigenvalue weighted by atomic mass is 16.5. The molecule has 0 aromatic rings. The highest BCUT2D eigenvalue weighted by Gasteiger charge is 1.97. The molecule has 0 fully saturated rings. The van der Waals surface area contributed by atoms with Gasteiger partial charge < -0.3 is 4.74 Å². The van der Waals surface area contributed by atoms with Crippen LogP contribution in [0.5, 0.6) is 0 Å². The summed E-state index contributed by atoms with van der Waals surface area (Å²) in [5.74, 6) is -0.198. The zero-order chi connectivity index (χ0) is 7.82. The number of carbonyl (C=O) groups excluding carboxylic acids is 1. The first-order chi connectivity index (χ1) is 4.81. The molecule has 0 saturated carbocycles. The lowest BCUT2D eigenvalue weighted by Crippen LogP contribution is -1.97. The molecule has 0 aliphatic carbocycles. The van der Waals surface area contributed by atoms with E-state index in [1.54, 1.807) is 0 Å². The molecule has 0 aromatic carbocycles. The van der Waals surface area contributed by atoms with Crippen molar-refractivity contribution >= 4 is 5.97 Å². The molecule has 0 aliphatic heterocycles. The van der Waals surface area contributed by atoms with Gasteiger partial charge in [0.2, 0.25) is 0 Å². The van der Waals surface area contributed by atoms with Crippen LogP contribution in [0.15, 0.2) is 0 Å². The van der Waals surface area contributed by atoms with Gasteiger partial charge in [-0.15, -0.1) is 0 Å². The van der Waals surface area contributed by atoms with Crippen LogP contribution in [0.4, 0.5) is 0 Å². The van der Waals surface area contributed by atoms with Crippen molar-refractivity contribution in [2.24, 2.45) is 0 Å². The largest absolute Gasteiger partial charge is 0.462 e. The lowest BCUT2D eigenvalue weighted by atomic mass is 10.2. The molecule has 0 amide bonds. The second kappa shape index (κ2) is 6.59. The third-order valence-corrected chi connectivity index (χ3v) is 1.40. The Morgan fingerprint density at radius 2 is 2.10 bits per heavy atom. The maximum Gasteiger partial charge on any atom is 0.305 e. The van der Waals surface area contributed by atoms with Gasteiger partial charge in [-0.25, -0.2) is 0 Å². The minimum atomic E-state index is -0.198. The summed E-state index contributed by atoms with van der Waals surface area (Å²) in [6, 6.07) is 0. The van der Waals surface area contributed by atoms with Gasteiger partial charge >= 0.3 is 5.97 Å². The maximum atomic E-state index is 10.5. The quantitative estimate of drug-likeness (QED) is 0.436. The molecule has 10 heavy (non-hydrogen) atoms. The lowest BCUT2D eigenvalue weighted by Gasteiger charge is -1.96. The summed E-state index contributed by atoms with van der Waals surface area (Å²) in [6.07, 6.45) is 4.96. The molecule has 0 heterocycles. The molecule has 0 unspecified atom stereocenters. The second-order valence-corrected chi connectivity index (χ2v) is 2.33. The SMILES string of the molecule is [CH2]OC(=O)CCCCCC. The molecule has 0 N–H and O–H groups in total. The normalized spacial score (nSPS) is 9.40. The van der Waals surface area contributed by atoms with Gasteiger partial charge in [-0.1, -0.05) is 26.2 Å². The first kappa shape index (κ1) is 9.47. The van der Waals surface area contributed by atoms with Crippen LogP contribution in [0.1, 0.15) is 39.0 Å². The summed E-state index contributed by atoms with van der Waals surface area (Å²) in [7, 11) is 3.03. The van der Waals surface area contributed by atoms with E-state index in [9.17, 15) is 4.79 Å². The summed E-state index contributed by atoms with van der Waals surface area (Å²) in [5, 5.41) is 0. The van der Waals surface area contributed by atoms with Gasteiger partial charge in [-0.05, 0) is 6.42 Å². The summed E-state index contributed by atoms with van der Waals surface area (Å²) in [4.78, 5) is 10.5. The highest BCUT2D eigenvalue weighted by Crippen LogP contribution is 2.02. The van der Waals surface area contributed by atoms with E-state index in [2.05, 4.69) is 18.8 Å². The molecule has 0 atom stereocenters. The Labute approximate surface area is 62.6 Å². The molecule has 0 bridgehead atoms. The summed E-state index contributed by atoms with van der Waals surface area (Å²) < 4.78 is 4.24. The Balaban J connectivity index is 2.96. The van der Waals surface area contributed by atoms with Gasteiger partial charge in [0, 0.05) is 6.42 Å². The predicted octanol–water partition coefficient (Wildman–Crippen LogP) is 2.29. The van der Waals surface area contributed by atoms with E-state index >= 15 is 0 Å². The summed E-state index contributed by atoms with van der Waals surface area (Å²) in [5.41, 5.74) is 0. The van der Waals surface area contributed by atoms with Crippen LogP contribution < -0.4 is 0 Å². The first-order valence-corrected chi connectivity index (χ1v) is 3.76. The number of ether oxygens (including phenoxy) is 1. The standard InChI is InChI=1S/C8H15O2/c1-3-4-5-6-7-8(9)10-2/h2-7H2,1H3. The van der Waals surface area contributed by atoms with E-state index in [1.807, 2.05) is 0 Å². The third kappa shape index (κ3) is 5.60. The van der Waals surface area contributed by atoms with Crippen molar-refractivity contribution in [1.82, 2.24) is 0 Å². The van der Waals surface area contributed by atoms with Gasteiger partial charge in [-0.2, -0.15) is 0 Å². The van der Waals surface area contributed by atoms with Crippen LogP contribution in [0, 0.1) is 7.11 Å². The monoisotopic (exact) mass is 143 g/mol. The van der Waals surface area contributed by atoms with Crippen molar-refractivity contribution in [1.29, 1.82) is 0 Å². The van der Waals surface area contributed by atoms with Gasteiger partial charge in [0.15, 0.2) is 0 Å². The maximum absolute atomic E-state index is 10.5. The fraction of sp³-hybridized carbons (Fsp3) is 0.750. The van der Waals surface area contributed by atoms with Crippen molar-refractivity contribution in [2.75, 3.05) is 0 Å². The Kier molecular flexibility index (Phi) is 6.24. The average Bonchev–Trinajstić information content (AvgIpc) is 1.98. The number of hydrogen-bond donors (Lipinski definition) is 0. The molecular weight excluding hydrogens is 128 g/mol. The number of rotatable bonds is 5. The van der Waals surface area contributed by atoms with E-state index in [0.717, 1.165) is 12.8 Å². The van der Waals surface area contributed by atoms with E-state index in [4.69, 9.17) is 0 Å². The molecule has 0 saturated heterocycles. The number of unbranched alkanes of at least 4 members (excludes halogenated alkanes) is 3. The Morgan fingerprint density at radius 3 is 2.60 bits per heavy atom. The van der Waals surface area contributed by atoms with Crippen molar-refractivity contribution in [3.8, 4) is 0 Å². The van der Waals surface area contributed by atoms with Crippen LogP contribution in [0.2, 0.25) is 0 Å². The molecule has 0 aliphatic rings. The molecule has 59 valence electrons. The number of hydrogen-bond acceptors (Lipinski definition) is 2. The smallest absolute Gasteiger partial charge is 0.305 e. The van der Waals surface area contributed by atoms with Gasteiger partial charge in [0.1, 0.15) is 7.11 Å². The Hall–Kier alpha value is -0.530. The molecule has 2 nitrogen and oxygen atoms in total. The van der Waals surface area contributed by atoms with E-state index in [1.165, 1.54) is 12.8 Å². The summed E-state index contributed by atoms with van der Waals surface area (Å²) >= 11 is 0. The van der Waals surface area contributed by atoms with Crippen LogP contribution in [-0.2, 0) is 9.53 Å². The Morgan fingerprint density at radius 1 is 1.40 bits per heavy atom. The van der Waals surface area contributed by atoms with E-state index in [0.29, 0.717) is 6.42 Å². The van der Waals surface area contributed by atoms with Gasteiger partial charge in [0.25, 0.3) is 0 Å². The van der Waals surface area contributed by atoms with Gasteiger partial charge in [-0.3, -0.25) is 4.79 Å². The van der Waals surface area contributed by atoms with Gasteiger partial charge in [0.05, 0.1) is 0 Å². The highest BCUT2D eigenvalue weighted by molar-refractivity contribution is 5.69. The zero-order valence-corrected chi connectivity index (χ0v) is 6.56. The number of esters is 1. The van der Waals surface area contributed by atoms with Crippen LogP contribution in [0.3, 0.4) is 0 Å². The third-order valence-electron chi connectivity index (χ3n) is 1.40. The minimum absolute atomic E-state index is 0.198. The van der Waals surface area contributed by atoms with Crippen molar-refractivity contribution < 1.29 is 9.53 Å². The average molecular weight is 143 g/mol. The van der Waals surface area contributed by atoms with Crippen LogP contribution in [-0.4, -0.2) is 5.97 Å². The number of carbonyl (C=O) groups is 1. The second-order valence-electron chi connectivity index (χ2n) is 2.33. The van der Waals surface area contributed by atoms with Crippen molar-refractivity contribution in [3.63, 3.8) is 0 Å². The van der Waals surface area contributed by atoms with Crippen molar-refractivity contribution in [3.05, 3.63) is 7.11 Å². The zero-order valence-electron chi connectivity index (χ0n) is 6.56. The lowest BCUT2D eigenvalue weighted by molar-refractivity contribution is -0.138. The topological polar surface area (TPSA) is 26.3 Å². The van der Waals surface area contributed by atoms with E-state index < -0.39 is 0 Å². The van der Waals surface area contributed by atoms with E-state index in [-0.39, 0.29) is 5.97 Å².